The van der Waals surface area contributed by atoms with Crippen LogP contribution in [0.3, 0.4) is 0 Å². The summed E-state index contributed by atoms with van der Waals surface area (Å²) in [7, 11) is -2.24. The van der Waals surface area contributed by atoms with Crippen molar-refractivity contribution in [2.75, 3.05) is 30.8 Å². The maximum atomic E-state index is 13.2. The fourth-order valence-electron chi connectivity index (χ4n) is 3.88. The minimum atomic E-state index is -3.69. The van der Waals surface area contributed by atoms with Crippen LogP contribution >= 0.6 is 0 Å². The summed E-state index contributed by atoms with van der Waals surface area (Å²) in [6, 6.07) is 13.9. The highest BCUT2D eigenvalue weighted by atomic mass is 32.2. The van der Waals surface area contributed by atoms with Crippen molar-refractivity contribution in [3.63, 3.8) is 0 Å². The van der Waals surface area contributed by atoms with Gasteiger partial charge in [-0.05, 0) is 67.4 Å². The largest absolute Gasteiger partial charge is 0.495 e. The second-order valence-corrected chi connectivity index (χ2v) is 10.1. The standard InChI is InChI=1S/C25H27N3O6S/c1-33-22-13-12-20(35(31,32)28-14-4-2-3-5-15-28)17-21(22)27-24(29)18-8-10-19(11-9-18)26-25(30)23-7-6-16-34-23/h6-13,16-17H,2-5,14-15H2,1H3,(H,26,30)(H,27,29). The van der Waals surface area contributed by atoms with Gasteiger partial charge in [0.1, 0.15) is 5.75 Å². The first-order valence-corrected chi connectivity index (χ1v) is 12.8. The molecule has 0 radical (unpaired) electrons. The van der Waals surface area contributed by atoms with Gasteiger partial charge in [0.25, 0.3) is 11.8 Å². The van der Waals surface area contributed by atoms with E-state index in [-0.39, 0.29) is 16.3 Å². The van der Waals surface area contributed by atoms with Gasteiger partial charge in [-0.1, -0.05) is 12.8 Å². The van der Waals surface area contributed by atoms with Crippen molar-refractivity contribution >= 4 is 33.2 Å². The van der Waals surface area contributed by atoms with Crippen LogP contribution < -0.4 is 15.4 Å². The van der Waals surface area contributed by atoms with E-state index in [4.69, 9.17) is 9.15 Å². The number of methoxy groups -OCH3 is 1. The Morgan fingerprint density at radius 3 is 2.26 bits per heavy atom. The molecule has 0 saturated carbocycles. The van der Waals surface area contributed by atoms with Crippen molar-refractivity contribution < 1.29 is 27.2 Å². The number of amides is 2. The number of benzene rings is 2. The smallest absolute Gasteiger partial charge is 0.291 e. The molecule has 35 heavy (non-hydrogen) atoms. The summed E-state index contributed by atoms with van der Waals surface area (Å²) in [5.41, 5.74) is 1.07. The number of nitrogens with one attached hydrogen (secondary N) is 2. The fourth-order valence-corrected chi connectivity index (χ4v) is 5.42. The molecule has 184 valence electrons. The molecular weight excluding hydrogens is 470 g/mol. The predicted octanol–water partition coefficient (Wildman–Crippen LogP) is 4.36. The lowest BCUT2D eigenvalue weighted by Crippen LogP contribution is -2.32. The molecular formula is C25H27N3O6S. The Balaban J connectivity index is 1.50. The fraction of sp³-hybridized carbons (Fsp3) is 0.280. The molecule has 1 aliphatic heterocycles. The Morgan fingerprint density at radius 2 is 1.63 bits per heavy atom. The van der Waals surface area contributed by atoms with Crippen molar-refractivity contribution in [3.05, 3.63) is 72.2 Å². The number of nitrogens with zero attached hydrogens (tertiary/aromatic N) is 1. The molecule has 1 saturated heterocycles. The van der Waals surface area contributed by atoms with Gasteiger partial charge in [0, 0.05) is 24.3 Å². The molecule has 1 fully saturated rings. The molecule has 10 heteroatoms. The number of hydrogen-bond acceptors (Lipinski definition) is 6. The highest BCUT2D eigenvalue weighted by Gasteiger charge is 2.26. The van der Waals surface area contributed by atoms with E-state index in [2.05, 4.69) is 10.6 Å². The summed E-state index contributed by atoms with van der Waals surface area (Å²) >= 11 is 0. The first kappa shape index (κ1) is 24.5. The first-order chi connectivity index (χ1) is 16.9. The Labute approximate surface area is 204 Å². The van der Waals surface area contributed by atoms with E-state index < -0.39 is 21.8 Å². The van der Waals surface area contributed by atoms with Crippen molar-refractivity contribution in [2.45, 2.75) is 30.6 Å². The third kappa shape index (κ3) is 5.72. The lowest BCUT2D eigenvalue weighted by Gasteiger charge is -2.21. The molecule has 0 unspecified atom stereocenters. The van der Waals surface area contributed by atoms with Crippen molar-refractivity contribution in [1.82, 2.24) is 4.31 Å². The second kappa shape index (κ2) is 10.7. The Bertz CT molecular complexity index is 1280. The van der Waals surface area contributed by atoms with Gasteiger partial charge >= 0.3 is 0 Å². The molecule has 9 nitrogen and oxygen atoms in total. The third-order valence-corrected chi connectivity index (χ3v) is 7.67. The highest BCUT2D eigenvalue weighted by Crippen LogP contribution is 2.30. The maximum absolute atomic E-state index is 13.2. The molecule has 1 aliphatic rings. The zero-order valence-electron chi connectivity index (χ0n) is 19.3. The van der Waals surface area contributed by atoms with Crippen LogP contribution in [0.4, 0.5) is 11.4 Å². The summed E-state index contributed by atoms with van der Waals surface area (Å²) in [5.74, 6) is -0.333. The monoisotopic (exact) mass is 497 g/mol. The number of ether oxygens (including phenoxy) is 1. The molecule has 4 rings (SSSR count). The van der Waals surface area contributed by atoms with E-state index in [0.29, 0.717) is 30.1 Å². The molecule has 0 bridgehead atoms. The summed E-state index contributed by atoms with van der Waals surface area (Å²) in [5, 5.41) is 5.42. The van der Waals surface area contributed by atoms with Crippen molar-refractivity contribution in [2.24, 2.45) is 0 Å². The summed E-state index contributed by atoms with van der Waals surface area (Å²) in [4.78, 5) is 25.1. The van der Waals surface area contributed by atoms with Crippen molar-refractivity contribution in [3.8, 4) is 5.75 Å². The van der Waals surface area contributed by atoms with Crippen LogP contribution in [0.1, 0.15) is 46.6 Å². The first-order valence-electron chi connectivity index (χ1n) is 11.3. The molecule has 2 heterocycles. The van der Waals surface area contributed by atoms with Crippen LogP contribution in [-0.4, -0.2) is 44.7 Å². The van der Waals surface area contributed by atoms with Crippen LogP contribution in [0.2, 0.25) is 0 Å². The number of anilines is 2. The van der Waals surface area contributed by atoms with Gasteiger partial charge in [-0.15, -0.1) is 0 Å². The van der Waals surface area contributed by atoms with E-state index in [1.807, 2.05) is 0 Å². The van der Waals surface area contributed by atoms with E-state index in [1.54, 1.807) is 36.4 Å². The SMILES string of the molecule is COc1ccc(S(=O)(=O)N2CCCCCC2)cc1NC(=O)c1ccc(NC(=O)c2ccco2)cc1. The molecule has 2 N–H and O–H groups in total. The number of furan rings is 1. The number of carbonyl (C=O) groups excluding carboxylic acids is 2. The zero-order chi connectivity index (χ0) is 24.8. The van der Waals surface area contributed by atoms with E-state index in [1.165, 1.54) is 35.9 Å². The van der Waals surface area contributed by atoms with Crippen LogP contribution in [0.5, 0.6) is 5.75 Å². The zero-order valence-corrected chi connectivity index (χ0v) is 20.1. The van der Waals surface area contributed by atoms with Gasteiger partial charge in [0.05, 0.1) is 24.0 Å². The molecule has 0 spiro atoms. The summed E-state index contributed by atoms with van der Waals surface area (Å²) in [6.07, 6.45) is 5.10. The predicted molar refractivity (Wildman–Crippen MR) is 131 cm³/mol. The summed E-state index contributed by atoms with van der Waals surface area (Å²) < 4.78 is 38.3. The molecule has 2 amide bonds. The normalized spacial score (nSPS) is 14.7. The van der Waals surface area contributed by atoms with Crippen LogP contribution in [-0.2, 0) is 10.0 Å². The summed E-state index contributed by atoms with van der Waals surface area (Å²) in [6.45, 7) is 0.970. The molecule has 0 atom stereocenters. The van der Waals surface area contributed by atoms with Crippen molar-refractivity contribution in [1.29, 1.82) is 0 Å². The average molecular weight is 498 g/mol. The lowest BCUT2D eigenvalue weighted by molar-refractivity contribution is 0.0995. The van der Waals surface area contributed by atoms with Gasteiger partial charge in [-0.25, -0.2) is 8.42 Å². The van der Waals surface area contributed by atoms with Gasteiger partial charge < -0.3 is 19.8 Å². The average Bonchev–Trinajstić information content (AvgIpc) is 3.26. The quantitative estimate of drug-likeness (QED) is 0.501. The van der Waals surface area contributed by atoms with Gasteiger partial charge in [0.2, 0.25) is 10.0 Å². The third-order valence-electron chi connectivity index (χ3n) is 5.77. The van der Waals surface area contributed by atoms with Crippen LogP contribution in [0, 0.1) is 0 Å². The van der Waals surface area contributed by atoms with Gasteiger partial charge in [-0.2, -0.15) is 4.31 Å². The minimum Gasteiger partial charge on any atom is -0.495 e. The Hall–Kier alpha value is -3.63. The topological polar surface area (TPSA) is 118 Å². The van der Waals surface area contributed by atoms with E-state index >= 15 is 0 Å². The van der Waals surface area contributed by atoms with Gasteiger partial charge in [-0.3, -0.25) is 9.59 Å². The van der Waals surface area contributed by atoms with E-state index in [9.17, 15) is 18.0 Å². The lowest BCUT2D eigenvalue weighted by atomic mass is 10.2. The molecule has 2 aromatic carbocycles. The molecule has 0 aliphatic carbocycles. The maximum Gasteiger partial charge on any atom is 0.291 e. The molecule has 1 aromatic heterocycles. The van der Waals surface area contributed by atoms with Crippen LogP contribution in [0.15, 0.2) is 70.2 Å². The highest BCUT2D eigenvalue weighted by molar-refractivity contribution is 7.89. The minimum absolute atomic E-state index is 0.103. The number of carbonyl (C=O) groups is 2. The Morgan fingerprint density at radius 1 is 0.914 bits per heavy atom. The van der Waals surface area contributed by atoms with E-state index in [0.717, 1.165) is 25.7 Å². The number of hydrogen-bond donors (Lipinski definition) is 2. The number of sulfonamides is 1. The Kier molecular flexibility index (Phi) is 7.52. The molecule has 3 aromatic rings. The number of rotatable bonds is 7. The van der Waals surface area contributed by atoms with Crippen LogP contribution in [0.25, 0.3) is 0 Å². The van der Waals surface area contributed by atoms with Gasteiger partial charge in [0.15, 0.2) is 5.76 Å². The second-order valence-electron chi connectivity index (χ2n) is 8.14.